The number of nitrogens with one attached hydrogen (secondary N) is 2. The van der Waals surface area contributed by atoms with Crippen molar-refractivity contribution in [3.05, 3.63) is 47.3 Å². The Hall–Kier alpha value is -2.44. The van der Waals surface area contributed by atoms with Gasteiger partial charge in [-0.1, -0.05) is 12.1 Å². The van der Waals surface area contributed by atoms with E-state index in [1.165, 1.54) is 18.9 Å². The third kappa shape index (κ3) is 4.78. The molecule has 0 saturated heterocycles. The highest BCUT2D eigenvalue weighted by Crippen LogP contribution is 2.14. The first kappa shape index (κ1) is 17.4. The fraction of sp³-hybridized carbons (Fsp3) is 0.500. The minimum atomic E-state index is -0.199. The van der Waals surface area contributed by atoms with E-state index in [9.17, 15) is 4.39 Å². The molecule has 0 saturated carbocycles. The summed E-state index contributed by atoms with van der Waals surface area (Å²) in [5, 5.41) is 15.1. The van der Waals surface area contributed by atoms with Crippen LogP contribution in [-0.2, 0) is 25.9 Å². The van der Waals surface area contributed by atoms with Crippen molar-refractivity contribution in [2.24, 2.45) is 4.99 Å². The van der Waals surface area contributed by atoms with Crippen molar-refractivity contribution in [1.29, 1.82) is 0 Å². The summed E-state index contributed by atoms with van der Waals surface area (Å²) >= 11 is 0. The third-order valence-electron chi connectivity index (χ3n) is 4.25. The number of guanidine groups is 1. The number of hydrogen-bond donors (Lipinski definition) is 2. The predicted molar refractivity (Wildman–Crippen MR) is 95.9 cm³/mol. The first-order valence-electron chi connectivity index (χ1n) is 8.94. The van der Waals surface area contributed by atoms with Gasteiger partial charge >= 0.3 is 0 Å². The SMILES string of the molecule is CCNC(=NCc1nnc2n1CCCC2)NCCc1cccc(F)c1. The molecule has 2 heterocycles. The van der Waals surface area contributed by atoms with E-state index >= 15 is 0 Å². The van der Waals surface area contributed by atoms with Gasteiger partial charge in [0.25, 0.3) is 0 Å². The Morgan fingerprint density at radius 1 is 1.28 bits per heavy atom. The second-order valence-electron chi connectivity index (χ2n) is 6.14. The van der Waals surface area contributed by atoms with Crippen molar-refractivity contribution < 1.29 is 4.39 Å². The van der Waals surface area contributed by atoms with Gasteiger partial charge in [-0.15, -0.1) is 10.2 Å². The minimum Gasteiger partial charge on any atom is -0.357 e. The van der Waals surface area contributed by atoms with Gasteiger partial charge in [-0.25, -0.2) is 9.38 Å². The second-order valence-corrected chi connectivity index (χ2v) is 6.14. The molecule has 134 valence electrons. The lowest BCUT2D eigenvalue weighted by molar-refractivity contribution is 0.508. The molecule has 1 aromatic carbocycles. The third-order valence-corrected chi connectivity index (χ3v) is 4.25. The van der Waals surface area contributed by atoms with Crippen molar-refractivity contribution >= 4 is 5.96 Å². The summed E-state index contributed by atoms with van der Waals surface area (Å²) < 4.78 is 15.4. The number of aromatic nitrogens is 3. The maximum atomic E-state index is 13.2. The molecule has 6 nitrogen and oxygen atoms in total. The number of rotatable bonds is 6. The van der Waals surface area contributed by atoms with Gasteiger partial charge in [0.2, 0.25) is 0 Å². The molecule has 1 aromatic heterocycles. The average molecular weight is 344 g/mol. The normalized spacial score (nSPS) is 14.2. The first-order valence-corrected chi connectivity index (χ1v) is 8.94. The summed E-state index contributed by atoms with van der Waals surface area (Å²) in [6, 6.07) is 6.69. The molecule has 2 N–H and O–H groups in total. The number of halogens is 1. The molecule has 1 aliphatic heterocycles. The van der Waals surface area contributed by atoms with Crippen LogP contribution in [0.25, 0.3) is 0 Å². The van der Waals surface area contributed by atoms with Crippen LogP contribution in [0.15, 0.2) is 29.3 Å². The van der Waals surface area contributed by atoms with Crippen LogP contribution < -0.4 is 10.6 Å². The number of hydrogen-bond acceptors (Lipinski definition) is 3. The fourth-order valence-electron chi connectivity index (χ4n) is 2.99. The van der Waals surface area contributed by atoms with Crippen LogP contribution in [0, 0.1) is 5.82 Å². The van der Waals surface area contributed by atoms with Gasteiger partial charge in [0.05, 0.1) is 0 Å². The van der Waals surface area contributed by atoms with E-state index in [-0.39, 0.29) is 5.82 Å². The monoisotopic (exact) mass is 344 g/mol. The second kappa shape index (κ2) is 8.60. The van der Waals surface area contributed by atoms with Crippen LogP contribution in [0.5, 0.6) is 0 Å². The molecule has 0 spiro atoms. The maximum absolute atomic E-state index is 13.2. The molecular weight excluding hydrogens is 319 g/mol. The van der Waals surface area contributed by atoms with Crippen molar-refractivity contribution in [2.75, 3.05) is 13.1 Å². The van der Waals surface area contributed by atoms with Crippen molar-refractivity contribution in [2.45, 2.75) is 45.7 Å². The van der Waals surface area contributed by atoms with Crippen LogP contribution in [-0.4, -0.2) is 33.8 Å². The largest absolute Gasteiger partial charge is 0.357 e. The number of aliphatic imine (C=N–C) groups is 1. The Morgan fingerprint density at radius 3 is 3.04 bits per heavy atom. The molecular formula is C18H25FN6. The highest BCUT2D eigenvalue weighted by molar-refractivity contribution is 5.79. The number of aryl methyl sites for hydroxylation is 1. The van der Waals surface area contributed by atoms with E-state index in [1.807, 2.05) is 13.0 Å². The summed E-state index contributed by atoms with van der Waals surface area (Å²) in [5.74, 6) is 2.53. The lowest BCUT2D eigenvalue weighted by Gasteiger charge is -2.14. The van der Waals surface area contributed by atoms with E-state index in [0.717, 1.165) is 49.1 Å². The molecule has 0 radical (unpaired) electrons. The smallest absolute Gasteiger partial charge is 0.191 e. The molecule has 0 bridgehead atoms. The van der Waals surface area contributed by atoms with E-state index in [4.69, 9.17) is 0 Å². The highest BCUT2D eigenvalue weighted by atomic mass is 19.1. The van der Waals surface area contributed by atoms with Crippen LogP contribution >= 0.6 is 0 Å². The summed E-state index contributed by atoms with van der Waals surface area (Å²) in [5.41, 5.74) is 0.967. The Bertz CT molecular complexity index is 724. The fourth-order valence-corrected chi connectivity index (χ4v) is 2.99. The Kier molecular flexibility index (Phi) is 5.98. The predicted octanol–water partition coefficient (Wildman–Crippen LogP) is 2.05. The lowest BCUT2D eigenvalue weighted by atomic mass is 10.1. The molecule has 2 aromatic rings. The minimum absolute atomic E-state index is 0.199. The van der Waals surface area contributed by atoms with Gasteiger partial charge in [0.1, 0.15) is 18.2 Å². The average Bonchev–Trinajstić information content (AvgIpc) is 3.03. The molecule has 0 aliphatic carbocycles. The van der Waals surface area contributed by atoms with E-state index < -0.39 is 0 Å². The zero-order chi connectivity index (χ0) is 17.5. The maximum Gasteiger partial charge on any atom is 0.191 e. The van der Waals surface area contributed by atoms with Gasteiger partial charge in [-0.05, 0) is 43.9 Å². The summed E-state index contributed by atoms with van der Waals surface area (Å²) in [6.45, 7) is 4.98. The van der Waals surface area contributed by atoms with Gasteiger partial charge in [-0.3, -0.25) is 0 Å². The first-order chi connectivity index (χ1) is 12.3. The quantitative estimate of drug-likeness (QED) is 0.622. The summed E-state index contributed by atoms with van der Waals surface area (Å²) in [7, 11) is 0. The standard InChI is InChI=1S/C18H25FN6/c1-2-20-18(21-10-9-14-6-5-7-15(19)12-14)22-13-17-24-23-16-8-3-4-11-25(16)17/h5-7,12H,2-4,8-11,13H2,1H3,(H2,20,21,22). The van der Waals surface area contributed by atoms with Gasteiger partial charge in [-0.2, -0.15) is 0 Å². The van der Waals surface area contributed by atoms with E-state index in [1.54, 1.807) is 12.1 Å². The van der Waals surface area contributed by atoms with Crippen LogP contribution in [0.4, 0.5) is 4.39 Å². The molecule has 0 amide bonds. The molecule has 1 aliphatic rings. The van der Waals surface area contributed by atoms with Gasteiger partial charge in [0.15, 0.2) is 11.8 Å². The highest BCUT2D eigenvalue weighted by Gasteiger charge is 2.15. The molecule has 3 rings (SSSR count). The van der Waals surface area contributed by atoms with Crippen LogP contribution in [0.2, 0.25) is 0 Å². The van der Waals surface area contributed by atoms with Crippen molar-refractivity contribution in [1.82, 2.24) is 25.4 Å². The zero-order valence-corrected chi connectivity index (χ0v) is 14.6. The van der Waals surface area contributed by atoms with Gasteiger partial charge < -0.3 is 15.2 Å². The van der Waals surface area contributed by atoms with Gasteiger partial charge in [0, 0.05) is 26.1 Å². The Morgan fingerprint density at radius 2 is 2.20 bits per heavy atom. The molecule has 25 heavy (non-hydrogen) atoms. The lowest BCUT2D eigenvalue weighted by Crippen LogP contribution is -2.38. The van der Waals surface area contributed by atoms with Crippen molar-refractivity contribution in [3.8, 4) is 0 Å². The number of nitrogens with zero attached hydrogens (tertiary/aromatic N) is 4. The van der Waals surface area contributed by atoms with E-state index in [0.29, 0.717) is 13.1 Å². The molecule has 7 heteroatoms. The topological polar surface area (TPSA) is 67.1 Å². The molecule has 0 unspecified atom stereocenters. The van der Waals surface area contributed by atoms with Crippen molar-refractivity contribution in [3.63, 3.8) is 0 Å². The number of benzene rings is 1. The Labute approximate surface area is 147 Å². The molecule has 0 atom stereocenters. The van der Waals surface area contributed by atoms with Crippen LogP contribution in [0.3, 0.4) is 0 Å². The zero-order valence-electron chi connectivity index (χ0n) is 14.6. The molecule has 0 fully saturated rings. The number of fused-ring (bicyclic) bond motifs is 1. The summed E-state index contributed by atoms with van der Waals surface area (Å²) in [6.07, 6.45) is 4.10. The summed E-state index contributed by atoms with van der Waals surface area (Å²) in [4.78, 5) is 4.61. The van der Waals surface area contributed by atoms with E-state index in [2.05, 4.69) is 30.4 Å². The van der Waals surface area contributed by atoms with Crippen LogP contribution in [0.1, 0.15) is 37.0 Å². The Balaban J connectivity index is 1.56.